The number of aliphatic hydroxyl groups is 1. The molecule has 1 unspecified atom stereocenters. The van der Waals surface area contributed by atoms with E-state index in [1.165, 1.54) is 7.05 Å². The lowest BCUT2D eigenvalue weighted by atomic mass is 9.86. The Balaban J connectivity index is 2.24. The fourth-order valence-corrected chi connectivity index (χ4v) is 3.03. The Kier molecular flexibility index (Phi) is 2.11. The van der Waals surface area contributed by atoms with Crippen LogP contribution in [0.5, 0.6) is 0 Å². The minimum absolute atomic E-state index is 0.362. The van der Waals surface area contributed by atoms with E-state index in [0.717, 1.165) is 4.90 Å². The largest absolute Gasteiger partial charge is 0.369 e. The molecule has 2 aliphatic heterocycles. The highest BCUT2D eigenvalue weighted by Crippen LogP contribution is 2.37. The lowest BCUT2D eigenvalue weighted by Crippen LogP contribution is -2.38. The van der Waals surface area contributed by atoms with E-state index in [4.69, 9.17) is 0 Å². The number of carbonyl (C=O) groups is 3. The van der Waals surface area contributed by atoms with Crippen molar-refractivity contribution in [3.63, 3.8) is 0 Å². The quantitative estimate of drug-likeness (QED) is 0.700. The van der Waals surface area contributed by atoms with E-state index in [-0.39, 0.29) is 0 Å². The first-order valence-electron chi connectivity index (χ1n) is 6.41. The molecule has 6 heteroatoms. The van der Waals surface area contributed by atoms with Crippen LogP contribution in [0.25, 0.3) is 10.8 Å². The van der Waals surface area contributed by atoms with E-state index in [9.17, 15) is 19.5 Å². The number of hydrogen-bond acceptors (Lipinski definition) is 4. The first kappa shape index (κ1) is 12.0. The molecular weight excluding hydrogens is 272 g/mol. The van der Waals surface area contributed by atoms with Gasteiger partial charge in [-0.3, -0.25) is 19.3 Å². The van der Waals surface area contributed by atoms with Crippen LogP contribution < -0.4 is 5.32 Å². The van der Waals surface area contributed by atoms with Gasteiger partial charge in [-0.25, -0.2) is 0 Å². The highest BCUT2D eigenvalue weighted by molar-refractivity contribution is 6.28. The summed E-state index contributed by atoms with van der Waals surface area (Å²) >= 11 is 0. The van der Waals surface area contributed by atoms with E-state index < -0.39 is 23.9 Å². The second kappa shape index (κ2) is 3.67. The molecule has 3 amide bonds. The van der Waals surface area contributed by atoms with E-state index in [2.05, 4.69) is 5.32 Å². The van der Waals surface area contributed by atoms with Crippen molar-refractivity contribution in [1.29, 1.82) is 0 Å². The van der Waals surface area contributed by atoms with Crippen molar-refractivity contribution in [3.8, 4) is 0 Å². The molecule has 2 heterocycles. The molecule has 0 fully saturated rings. The minimum atomic E-state index is -1.14. The number of aliphatic hydroxyl groups excluding tert-OH is 1. The Labute approximate surface area is 119 Å². The number of imide groups is 1. The first-order chi connectivity index (χ1) is 10.0. The summed E-state index contributed by atoms with van der Waals surface area (Å²) in [5.41, 5.74) is 1.60. The van der Waals surface area contributed by atoms with Crippen LogP contribution in [0.3, 0.4) is 0 Å². The molecule has 0 bridgehead atoms. The second-order valence-electron chi connectivity index (χ2n) is 5.16. The molecule has 2 N–H and O–H groups in total. The zero-order chi connectivity index (χ0) is 14.9. The van der Waals surface area contributed by atoms with Crippen LogP contribution >= 0.6 is 0 Å². The molecule has 0 saturated heterocycles. The molecule has 0 aromatic heterocycles. The van der Waals surface area contributed by atoms with Crippen LogP contribution in [-0.4, -0.2) is 34.8 Å². The van der Waals surface area contributed by atoms with Crippen LogP contribution in [0.1, 0.15) is 42.9 Å². The summed E-state index contributed by atoms with van der Waals surface area (Å²) in [5.74, 6) is -1.23. The van der Waals surface area contributed by atoms with Gasteiger partial charge in [0, 0.05) is 40.1 Å². The maximum absolute atomic E-state index is 12.2. The smallest absolute Gasteiger partial charge is 0.261 e. The third-order valence-corrected chi connectivity index (χ3v) is 4.07. The van der Waals surface area contributed by atoms with Gasteiger partial charge >= 0.3 is 0 Å². The van der Waals surface area contributed by atoms with E-state index in [1.54, 1.807) is 24.3 Å². The zero-order valence-electron chi connectivity index (χ0n) is 11.0. The Morgan fingerprint density at radius 3 is 2.19 bits per heavy atom. The number of nitrogens with zero attached hydrogens (tertiary/aromatic N) is 1. The van der Waals surface area contributed by atoms with Gasteiger partial charge in [-0.2, -0.15) is 0 Å². The summed E-state index contributed by atoms with van der Waals surface area (Å²) in [6.45, 7) is 0. The van der Waals surface area contributed by atoms with E-state index >= 15 is 0 Å². The van der Waals surface area contributed by atoms with Crippen molar-refractivity contribution in [1.82, 2.24) is 10.2 Å². The molecule has 2 aliphatic rings. The molecule has 0 radical (unpaired) electrons. The van der Waals surface area contributed by atoms with Crippen molar-refractivity contribution < 1.29 is 19.5 Å². The third kappa shape index (κ3) is 1.32. The molecule has 21 heavy (non-hydrogen) atoms. The van der Waals surface area contributed by atoms with Crippen molar-refractivity contribution in [2.24, 2.45) is 0 Å². The molecule has 0 aliphatic carbocycles. The summed E-state index contributed by atoms with van der Waals surface area (Å²) in [6.07, 6.45) is -1.14. The lowest BCUT2D eigenvalue weighted by molar-refractivity contribution is 0.0647. The fraction of sp³-hybridized carbons (Fsp3) is 0.133. The standard InChI is InChI=1S/C15H10N2O4/c1-17-14(20)8-4-2-6-10-7(13(19)16-12(6)18)3-5-9(11(8)10)15(17)21/h2-5,12,18H,1H3,(H,16,19). The summed E-state index contributed by atoms with van der Waals surface area (Å²) in [5, 5.41) is 13.4. The second-order valence-corrected chi connectivity index (χ2v) is 5.16. The van der Waals surface area contributed by atoms with Gasteiger partial charge < -0.3 is 10.4 Å². The van der Waals surface area contributed by atoms with Gasteiger partial charge in [-0.05, 0) is 18.2 Å². The maximum atomic E-state index is 12.2. The monoisotopic (exact) mass is 282 g/mol. The van der Waals surface area contributed by atoms with Crippen LogP contribution in [0.15, 0.2) is 24.3 Å². The van der Waals surface area contributed by atoms with Crippen LogP contribution in [-0.2, 0) is 0 Å². The van der Waals surface area contributed by atoms with Gasteiger partial charge in [0.2, 0.25) is 0 Å². The maximum Gasteiger partial charge on any atom is 0.261 e. The SMILES string of the molecule is CN1C(=O)c2ccc3c4c(ccc(c24)C1=O)C(O)NC3=O. The average molecular weight is 282 g/mol. The highest BCUT2D eigenvalue weighted by atomic mass is 16.3. The molecule has 0 spiro atoms. The van der Waals surface area contributed by atoms with Crippen molar-refractivity contribution in [2.45, 2.75) is 6.23 Å². The molecule has 1 atom stereocenters. The molecule has 2 aromatic carbocycles. The van der Waals surface area contributed by atoms with E-state index in [0.29, 0.717) is 33.0 Å². The van der Waals surface area contributed by atoms with E-state index in [1.807, 2.05) is 0 Å². The van der Waals surface area contributed by atoms with Crippen LogP contribution in [0.2, 0.25) is 0 Å². The van der Waals surface area contributed by atoms with Crippen molar-refractivity contribution >= 4 is 28.5 Å². The Bertz CT molecular complexity index is 849. The Morgan fingerprint density at radius 2 is 1.52 bits per heavy atom. The number of benzene rings is 2. The summed E-state index contributed by atoms with van der Waals surface area (Å²) in [7, 11) is 1.43. The molecule has 2 aromatic rings. The van der Waals surface area contributed by atoms with Gasteiger partial charge in [-0.1, -0.05) is 6.07 Å². The van der Waals surface area contributed by atoms with Gasteiger partial charge in [0.05, 0.1) is 0 Å². The molecular formula is C15H10N2O4. The first-order valence-corrected chi connectivity index (χ1v) is 6.41. The summed E-state index contributed by atoms with van der Waals surface area (Å²) in [4.78, 5) is 37.5. The number of carbonyl (C=O) groups excluding carboxylic acids is 3. The number of nitrogens with one attached hydrogen (secondary N) is 1. The minimum Gasteiger partial charge on any atom is -0.369 e. The third-order valence-electron chi connectivity index (χ3n) is 4.07. The topological polar surface area (TPSA) is 86.7 Å². The highest BCUT2D eigenvalue weighted by Gasteiger charge is 2.35. The van der Waals surface area contributed by atoms with Crippen molar-refractivity contribution in [2.75, 3.05) is 7.05 Å². The zero-order valence-corrected chi connectivity index (χ0v) is 11.0. The summed E-state index contributed by atoms with van der Waals surface area (Å²) < 4.78 is 0. The molecule has 0 saturated carbocycles. The van der Waals surface area contributed by atoms with Gasteiger partial charge in [0.25, 0.3) is 17.7 Å². The van der Waals surface area contributed by atoms with Gasteiger partial charge in [0.15, 0.2) is 6.23 Å². The van der Waals surface area contributed by atoms with Crippen molar-refractivity contribution in [3.05, 3.63) is 46.5 Å². The van der Waals surface area contributed by atoms with Crippen LogP contribution in [0.4, 0.5) is 0 Å². The molecule has 4 rings (SSSR count). The average Bonchev–Trinajstić information content (AvgIpc) is 2.48. The van der Waals surface area contributed by atoms with Crippen LogP contribution in [0, 0.1) is 0 Å². The fourth-order valence-electron chi connectivity index (χ4n) is 3.03. The predicted molar refractivity (Wildman–Crippen MR) is 72.8 cm³/mol. The number of rotatable bonds is 0. The van der Waals surface area contributed by atoms with Gasteiger partial charge in [-0.15, -0.1) is 0 Å². The predicted octanol–water partition coefficient (Wildman–Crippen LogP) is 0.800. The lowest BCUT2D eigenvalue weighted by Gasteiger charge is -2.29. The Morgan fingerprint density at radius 1 is 0.952 bits per heavy atom. The number of amides is 3. The Hall–Kier alpha value is -2.73. The number of hydrogen-bond donors (Lipinski definition) is 2. The normalized spacial score (nSPS) is 20.0. The van der Waals surface area contributed by atoms with Gasteiger partial charge in [0.1, 0.15) is 0 Å². The summed E-state index contributed by atoms with van der Waals surface area (Å²) in [6, 6.07) is 6.29. The molecule has 104 valence electrons. The molecule has 6 nitrogen and oxygen atoms in total.